The topological polar surface area (TPSA) is 46.3 Å². The van der Waals surface area contributed by atoms with Crippen LogP contribution in [0.25, 0.3) is 10.9 Å². The van der Waals surface area contributed by atoms with Crippen LogP contribution in [0.1, 0.15) is 22.9 Å². The first kappa shape index (κ1) is 17.3. The maximum Gasteiger partial charge on any atom is 0.160 e. The van der Waals surface area contributed by atoms with Crippen LogP contribution < -0.4 is 14.8 Å². The van der Waals surface area contributed by atoms with E-state index in [2.05, 4.69) is 46.9 Å². The van der Waals surface area contributed by atoms with E-state index in [1.54, 1.807) is 26.0 Å². The van der Waals surface area contributed by atoms with Gasteiger partial charge in [0.05, 0.1) is 20.3 Å². The molecule has 0 fully saturated rings. The standard InChI is InChI=1S/C21H24N2O2S/c1-24-19-7-4-13(11-20(19)25-2)10-18-21-15(8-9-22-18)16-12-14(26-3)5-6-17(16)23-21/h4-7,11-12,18,22-23H,8-10H2,1-3H3. The number of nitrogens with one attached hydrogen (secondary N) is 2. The SMILES string of the molecule is COc1ccc(CC2NCCc3c2[nH]c2ccc(SC)cc32)cc1OC. The number of aromatic amines is 1. The highest BCUT2D eigenvalue weighted by atomic mass is 32.2. The van der Waals surface area contributed by atoms with Crippen molar-refractivity contribution >= 4 is 22.7 Å². The van der Waals surface area contributed by atoms with Gasteiger partial charge in [-0.1, -0.05) is 6.07 Å². The molecule has 5 heteroatoms. The number of thioether (sulfide) groups is 1. The summed E-state index contributed by atoms with van der Waals surface area (Å²) in [5.41, 5.74) is 5.24. The summed E-state index contributed by atoms with van der Waals surface area (Å²) in [7, 11) is 3.35. The van der Waals surface area contributed by atoms with E-state index < -0.39 is 0 Å². The third kappa shape index (κ3) is 3.06. The molecule has 0 radical (unpaired) electrons. The summed E-state index contributed by atoms with van der Waals surface area (Å²) in [5.74, 6) is 1.55. The fourth-order valence-corrected chi connectivity index (χ4v) is 4.27. The molecule has 0 saturated heterocycles. The normalized spacial score (nSPS) is 16.5. The van der Waals surface area contributed by atoms with Crippen molar-refractivity contribution in [3.05, 3.63) is 53.2 Å². The summed E-state index contributed by atoms with van der Waals surface area (Å²) < 4.78 is 10.8. The third-order valence-corrected chi connectivity index (χ3v) is 5.87. The second-order valence-corrected chi connectivity index (χ2v) is 7.46. The van der Waals surface area contributed by atoms with E-state index >= 15 is 0 Å². The van der Waals surface area contributed by atoms with Crippen molar-refractivity contribution in [3.8, 4) is 11.5 Å². The number of rotatable bonds is 5. The van der Waals surface area contributed by atoms with Gasteiger partial charge in [-0.15, -0.1) is 11.8 Å². The monoisotopic (exact) mass is 368 g/mol. The molecule has 4 nitrogen and oxygen atoms in total. The van der Waals surface area contributed by atoms with Crippen LogP contribution in [0.15, 0.2) is 41.3 Å². The van der Waals surface area contributed by atoms with Gasteiger partial charge >= 0.3 is 0 Å². The quantitative estimate of drug-likeness (QED) is 0.658. The molecule has 0 amide bonds. The molecule has 2 heterocycles. The first-order chi connectivity index (χ1) is 12.7. The minimum atomic E-state index is 0.280. The summed E-state index contributed by atoms with van der Waals surface area (Å²) in [6.07, 6.45) is 4.10. The van der Waals surface area contributed by atoms with E-state index in [-0.39, 0.29) is 6.04 Å². The Morgan fingerprint density at radius 3 is 2.69 bits per heavy atom. The number of aromatic nitrogens is 1. The predicted octanol–water partition coefficient (Wildman–Crippen LogP) is 4.34. The van der Waals surface area contributed by atoms with Crippen LogP contribution in [0.5, 0.6) is 11.5 Å². The van der Waals surface area contributed by atoms with Crippen molar-refractivity contribution in [1.82, 2.24) is 10.3 Å². The molecule has 0 aliphatic carbocycles. The highest BCUT2D eigenvalue weighted by molar-refractivity contribution is 7.98. The molecule has 136 valence electrons. The Labute approximate surface area is 158 Å². The van der Waals surface area contributed by atoms with E-state index in [9.17, 15) is 0 Å². The lowest BCUT2D eigenvalue weighted by Gasteiger charge is -2.25. The minimum absolute atomic E-state index is 0.280. The Bertz CT molecular complexity index is 935. The molecular formula is C21H24N2O2S. The first-order valence-corrected chi connectivity index (χ1v) is 10.1. The highest BCUT2D eigenvalue weighted by Gasteiger charge is 2.24. The van der Waals surface area contributed by atoms with Gasteiger partial charge in [-0.3, -0.25) is 0 Å². The van der Waals surface area contributed by atoms with Gasteiger partial charge in [0.25, 0.3) is 0 Å². The molecule has 2 N–H and O–H groups in total. The van der Waals surface area contributed by atoms with Crippen molar-refractivity contribution < 1.29 is 9.47 Å². The third-order valence-electron chi connectivity index (χ3n) is 5.15. The Hall–Kier alpha value is -2.11. The van der Waals surface area contributed by atoms with Gasteiger partial charge in [-0.05, 0) is 67.1 Å². The molecule has 0 saturated carbocycles. The first-order valence-electron chi connectivity index (χ1n) is 8.86. The van der Waals surface area contributed by atoms with Crippen LogP contribution in [-0.2, 0) is 12.8 Å². The lowest BCUT2D eigenvalue weighted by Crippen LogP contribution is -2.31. The minimum Gasteiger partial charge on any atom is -0.493 e. The maximum atomic E-state index is 5.45. The zero-order valence-electron chi connectivity index (χ0n) is 15.4. The van der Waals surface area contributed by atoms with Crippen molar-refractivity contribution in [1.29, 1.82) is 0 Å². The van der Waals surface area contributed by atoms with E-state index in [1.807, 2.05) is 6.07 Å². The number of ether oxygens (including phenoxy) is 2. The van der Waals surface area contributed by atoms with Crippen LogP contribution in [0, 0.1) is 0 Å². The second-order valence-electron chi connectivity index (χ2n) is 6.58. The summed E-state index contributed by atoms with van der Waals surface area (Å²) >= 11 is 1.79. The van der Waals surface area contributed by atoms with Gasteiger partial charge in [0.2, 0.25) is 0 Å². The fourth-order valence-electron chi connectivity index (χ4n) is 3.83. The fraction of sp³-hybridized carbons (Fsp3) is 0.333. The lowest BCUT2D eigenvalue weighted by molar-refractivity contribution is 0.354. The molecule has 3 aromatic rings. The number of hydrogen-bond donors (Lipinski definition) is 2. The zero-order chi connectivity index (χ0) is 18.1. The van der Waals surface area contributed by atoms with Gasteiger partial charge in [-0.2, -0.15) is 0 Å². The summed E-state index contributed by atoms with van der Waals surface area (Å²) in [4.78, 5) is 4.98. The Morgan fingerprint density at radius 1 is 1.08 bits per heavy atom. The van der Waals surface area contributed by atoms with Crippen LogP contribution >= 0.6 is 11.8 Å². The Morgan fingerprint density at radius 2 is 1.92 bits per heavy atom. The number of methoxy groups -OCH3 is 2. The highest BCUT2D eigenvalue weighted by Crippen LogP contribution is 2.35. The average Bonchev–Trinajstić information content (AvgIpc) is 3.06. The molecule has 1 atom stereocenters. The predicted molar refractivity (Wildman–Crippen MR) is 108 cm³/mol. The van der Waals surface area contributed by atoms with Crippen molar-refractivity contribution in [3.63, 3.8) is 0 Å². The van der Waals surface area contributed by atoms with Gasteiger partial charge < -0.3 is 19.8 Å². The number of H-pyrrole nitrogens is 1. The Balaban J connectivity index is 1.68. The average molecular weight is 369 g/mol. The van der Waals surface area contributed by atoms with Crippen LogP contribution in [0.4, 0.5) is 0 Å². The zero-order valence-corrected chi connectivity index (χ0v) is 16.2. The van der Waals surface area contributed by atoms with Gasteiger partial charge in [0.1, 0.15) is 0 Å². The van der Waals surface area contributed by atoms with Crippen LogP contribution in [-0.4, -0.2) is 32.0 Å². The summed E-state index contributed by atoms with van der Waals surface area (Å²) in [6, 6.07) is 13.2. The van der Waals surface area contributed by atoms with Crippen molar-refractivity contribution in [2.75, 3.05) is 27.0 Å². The molecule has 4 rings (SSSR count). The molecule has 1 unspecified atom stereocenters. The number of hydrogen-bond acceptors (Lipinski definition) is 4. The van der Waals surface area contributed by atoms with E-state index in [0.717, 1.165) is 30.9 Å². The molecule has 1 aromatic heterocycles. The molecule has 26 heavy (non-hydrogen) atoms. The summed E-state index contributed by atoms with van der Waals surface area (Å²) in [6.45, 7) is 1.00. The van der Waals surface area contributed by atoms with Crippen molar-refractivity contribution in [2.45, 2.75) is 23.8 Å². The van der Waals surface area contributed by atoms with E-state index in [1.165, 1.54) is 32.6 Å². The lowest BCUT2D eigenvalue weighted by atomic mass is 9.94. The molecule has 0 spiro atoms. The number of benzene rings is 2. The molecule has 1 aliphatic rings. The molecular weight excluding hydrogens is 344 g/mol. The van der Waals surface area contributed by atoms with E-state index in [4.69, 9.17) is 9.47 Å². The number of fused-ring (bicyclic) bond motifs is 3. The molecule has 1 aliphatic heterocycles. The smallest absolute Gasteiger partial charge is 0.160 e. The Kier molecular flexibility index (Phi) is 4.83. The van der Waals surface area contributed by atoms with E-state index in [0.29, 0.717) is 0 Å². The molecule has 0 bridgehead atoms. The van der Waals surface area contributed by atoms with Gasteiger partial charge in [0, 0.05) is 21.5 Å². The molecule has 2 aromatic carbocycles. The van der Waals surface area contributed by atoms with Gasteiger partial charge in [-0.25, -0.2) is 0 Å². The second kappa shape index (κ2) is 7.25. The largest absolute Gasteiger partial charge is 0.493 e. The van der Waals surface area contributed by atoms with Gasteiger partial charge in [0.15, 0.2) is 11.5 Å². The van der Waals surface area contributed by atoms with Crippen LogP contribution in [0.3, 0.4) is 0 Å². The van der Waals surface area contributed by atoms with Crippen LogP contribution in [0.2, 0.25) is 0 Å². The summed E-state index contributed by atoms with van der Waals surface area (Å²) in [5, 5.41) is 5.04. The maximum absolute atomic E-state index is 5.45. The van der Waals surface area contributed by atoms with Crippen molar-refractivity contribution in [2.24, 2.45) is 0 Å².